The lowest BCUT2D eigenvalue weighted by Gasteiger charge is -2.18. The van der Waals surface area contributed by atoms with Gasteiger partial charge in [-0.25, -0.2) is 0 Å². The molecule has 0 unspecified atom stereocenters. The third-order valence-electron chi connectivity index (χ3n) is 2.72. The van der Waals surface area contributed by atoms with Crippen LogP contribution in [0.15, 0.2) is 11.8 Å². The van der Waals surface area contributed by atoms with Crippen LogP contribution in [0.5, 0.6) is 0 Å². The molecule has 0 heterocycles. The molecule has 0 aliphatic heterocycles. The highest BCUT2D eigenvalue weighted by atomic mass is 16.5. The van der Waals surface area contributed by atoms with Crippen LogP contribution in [0.25, 0.3) is 0 Å². The molecule has 0 radical (unpaired) electrons. The Kier molecular flexibility index (Phi) is 1.26. The van der Waals surface area contributed by atoms with E-state index in [2.05, 4.69) is 6.08 Å². The Morgan fingerprint density at radius 3 is 2.80 bits per heavy atom. The zero-order valence-electron chi connectivity index (χ0n) is 6.52. The first-order chi connectivity index (χ1) is 4.85. The van der Waals surface area contributed by atoms with Gasteiger partial charge >= 0.3 is 0 Å². The molecule has 1 heteroatoms. The van der Waals surface area contributed by atoms with Crippen molar-refractivity contribution in [1.29, 1.82) is 0 Å². The van der Waals surface area contributed by atoms with Gasteiger partial charge in [-0.15, -0.1) is 0 Å². The Bertz CT molecular complexity index is 166. The molecule has 0 aromatic carbocycles. The van der Waals surface area contributed by atoms with E-state index in [4.69, 9.17) is 4.74 Å². The first-order valence-corrected chi connectivity index (χ1v) is 4.10. The summed E-state index contributed by atoms with van der Waals surface area (Å²) in [6.45, 7) is 0. The summed E-state index contributed by atoms with van der Waals surface area (Å²) in [6, 6.07) is 0. The quantitative estimate of drug-likeness (QED) is 0.541. The van der Waals surface area contributed by atoms with Crippen LogP contribution in [0.4, 0.5) is 0 Å². The lowest BCUT2D eigenvalue weighted by atomic mass is 9.92. The lowest BCUT2D eigenvalue weighted by molar-refractivity contribution is 0.254. The Balaban J connectivity index is 2.12. The van der Waals surface area contributed by atoms with Gasteiger partial charge in [-0.3, -0.25) is 0 Å². The molecule has 56 valence electrons. The van der Waals surface area contributed by atoms with E-state index in [0.29, 0.717) is 5.41 Å². The average Bonchev–Trinajstić information content (AvgIpc) is 2.70. The number of ether oxygens (including phenoxy) is 1. The molecule has 1 spiro atoms. The van der Waals surface area contributed by atoms with Gasteiger partial charge in [0.05, 0.1) is 12.9 Å². The molecule has 0 aromatic heterocycles. The largest absolute Gasteiger partial charge is 0.501 e. The minimum atomic E-state index is 0.615. The summed E-state index contributed by atoms with van der Waals surface area (Å²) in [5, 5.41) is 0. The molecular weight excluding hydrogens is 124 g/mol. The maximum atomic E-state index is 5.23. The van der Waals surface area contributed by atoms with E-state index in [1.807, 2.05) is 0 Å². The zero-order valence-corrected chi connectivity index (χ0v) is 6.52. The predicted octanol–water partition coefficient (Wildman–Crippen LogP) is 2.48. The van der Waals surface area contributed by atoms with Crippen LogP contribution in [0.2, 0.25) is 0 Å². The van der Waals surface area contributed by atoms with Crippen LogP contribution < -0.4 is 0 Å². The van der Waals surface area contributed by atoms with Crippen molar-refractivity contribution in [1.82, 2.24) is 0 Å². The van der Waals surface area contributed by atoms with Crippen molar-refractivity contribution in [2.75, 3.05) is 7.11 Å². The fourth-order valence-corrected chi connectivity index (χ4v) is 1.82. The Hall–Kier alpha value is -0.460. The molecule has 0 bridgehead atoms. The summed E-state index contributed by atoms with van der Waals surface area (Å²) in [7, 11) is 1.78. The van der Waals surface area contributed by atoms with Crippen LogP contribution in [0, 0.1) is 5.41 Å². The molecule has 0 N–H and O–H groups in total. The minimum absolute atomic E-state index is 0.615. The number of methoxy groups -OCH3 is 1. The number of hydrogen-bond donors (Lipinski definition) is 0. The molecule has 0 atom stereocenters. The normalized spacial score (nSPS) is 27.9. The van der Waals surface area contributed by atoms with Crippen LogP contribution >= 0.6 is 0 Å². The Labute approximate surface area is 62.1 Å². The standard InChI is InChI=1S/C9H14O/c1-10-8-3-2-4-9(7-8)5-6-9/h7H,2-6H2,1H3. The smallest absolute Gasteiger partial charge is 0.0921 e. The number of allylic oxidation sites excluding steroid dienone is 2. The predicted molar refractivity (Wildman–Crippen MR) is 40.6 cm³/mol. The molecule has 1 nitrogen and oxygen atoms in total. The molecular formula is C9H14O. The number of hydrogen-bond acceptors (Lipinski definition) is 1. The second-order valence-corrected chi connectivity index (χ2v) is 3.53. The van der Waals surface area contributed by atoms with E-state index in [9.17, 15) is 0 Å². The van der Waals surface area contributed by atoms with Gasteiger partial charge in [0.15, 0.2) is 0 Å². The first kappa shape index (κ1) is 6.26. The van der Waals surface area contributed by atoms with Crippen LogP contribution in [-0.4, -0.2) is 7.11 Å². The van der Waals surface area contributed by atoms with Gasteiger partial charge in [-0.2, -0.15) is 0 Å². The van der Waals surface area contributed by atoms with Gasteiger partial charge in [-0.05, 0) is 37.2 Å². The second-order valence-electron chi connectivity index (χ2n) is 3.53. The monoisotopic (exact) mass is 138 g/mol. The van der Waals surface area contributed by atoms with E-state index in [1.165, 1.54) is 31.4 Å². The molecule has 10 heavy (non-hydrogen) atoms. The highest BCUT2D eigenvalue weighted by Gasteiger charge is 2.42. The summed E-state index contributed by atoms with van der Waals surface area (Å²) in [5.41, 5.74) is 0.615. The number of rotatable bonds is 1. The Morgan fingerprint density at radius 2 is 2.20 bits per heavy atom. The second kappa shape index (κ2) is 2.01. The van der Waals surface area contributed by atoms with Crippen molar-refractivity contribution in [3.63, 3.8) is 0 Å². The molecule has 2 rings (SSSR count). The summed E-state index contributed by atoms with van der Waals surface area (Å²) < 4.78 is 5.23. The third-order valence-corrected chi connectivity index (χ3v) is 2.72. The minimum Gasteiger partial charge on any atom is -0.501 e. The molecule has 1 saturated carbocycles. The van der Waals surface area contributed by atoms with Gasteiger partial charge in [0.1, 0.15) is 0 Å². The van der Waals surface area contributed by atoms with E-state index in [1.54, 1.807) is 7.11 Å². The third kappa shape index (κ3) is 0.938. The van der Waals surface area contributed by atoms with Crippen LogP contribution in [0.3, 0.4) is 0 Å². The SMILES string of the molecule is COC1=CC2(CCC1)CC2. The van der Waals surface area contributed by atoms with Crippen molar-refractivity contribution in [3.8, 4) is 0 Å². The highest BCUT2D eigenvalue weighted by Crippen LogP contribution is 2.54. The van der Waals surface area contributed by atoms with Gasteiger partial charge in [0, 0.05) is 6.42 Å². The fraction of sp³-hybridized carbons (Fsp3) is 0.778. The topological polar surface area (TPSA) is 9.23 Å². The highest BCUT2D eigenvalue weighted by molar-refractivity contribution is 5.15. The molecule has 0 amide bonds. The van der Waals surface area contributed by atoms with Gasteiger partial charge in [-0.1, -0.05) is 0 Å². The van der Waals surface area contributed by atoms with Gasteiger partial charge < -0.3 is 4.74 Å². The van der Waals surface area contributed by atoms with Crippen LogP contribution in [-0.2, 0) is 4.74 Å². The molecule has 0 saturated heterocycles. The molecule has 2 aliphatic carbocycles. The van der Waals surface area contributed by atoms with Crippen molar-refractivity contribution >= 4 is 0 Å². The van der Waals surface area contributed by atoms with Crippen molar-refractivity contribution in [2.24, 2.45) is 5.41 Å². The van der Waals surface area contributed by atoms with Gasteiger partial charge in [0.25, 0.3) is 0 Å². The van der Waals surface area contributed by atoms with Crippen molar-refractivity contribution in [2.45, 2.75) is 32.1 Å². The fourth-order valence-electron chi connectivity index (χ4n) is 1.82. The first-order valence-electron chi connectivity index (χ1n) is 4.10. The molecule has 1 fully saturated rings. The Morgan fingerprint density at radius 1 is 1.40 bits per heavy atom. The summed E-state index contributed by atoms with van der Waals surface area (Å²) in [4.78, 5) is 0. The summed E-state index contributed by atoms with van der Waals surface area (Å²) >= 11 is 0. The van der Waals surface area contributed by atoms with E-state index >= 15 is 0 Å². The maximum absolute atomic E-state index is 5.23. The van der Waals surface area contributed by atoms with E-state index in [0.717, 1.165) is 6.42 Å². The van der Waals surface area contributed by atoms with E-state index in [-0.39, 0.29) is 0 Å². The van der Waals surface area contributed by atoms with Crippen LogP contribution in [0.1, 0.15) is 32.1 Å². The molecule has 2 aliphatic rings. The van der Waals surface area contributed by atoms with E-state index < -0.39 is 0 Å². The van der Waals surface area contributed by atoms with Crippen molar-refractivity contribution in [3.05, 3.63) is 11.8 Å². The van der Waals surface area contributed by atoms with Crippen molar-refractivity contribution < 1.29 is 4.74 Å². The van der Waals surface area contributed by atoms with Gasteiger partial charge in [0.2, 0.25) is 0 Å². The molecule has 0 aromatic rings. The maximum Gasteiger partial charge on any atom is 0.0921 e. The average molecular weight is 138 g/mol. The summed E-state index contributed by atoms with van der Waals surface area (Å²) in [6.07, 6.45) is 9.06. The lowest BCUT2D eigenvalue weighted by Crippen LogP contribution is -2.05. The zero-order chi connectivity index (χ0) is 7.03. The summed E-state index contributed by atoms with van der Waals surface area (Å²) in [5.74, 6) is 1.23.